The maximum atomic E-state index is 13.5. The van der Waals surface area contributed by atoms with Gasteiger partial charge in [-0.3, -0.25) is 4.90 Å². The quantitative estimate of drug-likeness (QED) is 0.448. The first-order valence-electron chi connectivity index (χ1n) is 11.7. The van der Waals surface area contributed by atoms with Crippen LogP contribution in [0.4, 0.5) is 36.3 Å². The molecule has 1 unspecified atom stereocenters. The third-order valence-corrected chi connectivity index (χ3v) is 6.70. The molecule has 0 radical (unpaired) electrons. The molecule has 10 heteroatoms. The fourth-order valence-electron chi connectivity index (χ4n) is 4.80. The predicted molar refractivity (Wildman–Crippen MR) is 130 cm³/mol. The number of halogens is 3. The van der Waals surface area contributed by atoms with Gasteiger partial charge in [0.1, 0.15) is 17.4 Å². The lowest BCUT2D eigenvalue weighted by atomic mass is 9.89. The number of aromatic nitrogens is 2. The molecule has 0 amide bonds. The van der Waals surface area contributed by atoms with Crippen LogP contribution < -0.4 is 15.4 Å². The van der Waals surface area contributed by atoms with Crippen LogP contribution >= 0.6 is 0 Å². The Labute approximate surface area is 206 Å². The van der Waals surface area contributed by atoms with Gasteiger partial charge in [0.25, 0.3) is 0 Å². The number of ether oxygens (including phenoxy) is 1. The van der Waals surface area contributed by atoms with Crippen LogP contribution in [-0.4, -0.2) is 35.6 Å². The fourth-order valence-corrected chi connectivity index (χ4v) is 4.80. The van der Waals surface area contributed by atoms with Crippen molar-refractivity contribution in [1.29, 1.82) is 5.26 Å². The van der Waals surface area contributed by atoms with Gasteiger partial charge in [0.05, 0.1) is 30.2 Å². The molecule has 1 aliphatic carbocycles. The zero-order chi connectivity index (χ0) is 25.4. The van der Waals surface area contributed by atoms with Crippen molar-refractivity contribution < 1.29 is 17.9 Å². The molecule has 1 aromatic heterocycles. The number of rotatable bonds is 6. The summed E-state index contributed by atoms with van der Waals surface area (Å²) in [5, 5.41) is 15.3. The molecule has 36 heavy (non-hydrogen) atoms. The molecule has 2 N–H and O–H groups in total. The van der Waals surface area contributed by atoms with Crippen LogP contribution in [0, 0.1) is 17.2 Å². The van der Waals surface area contributed by atoms with Crippen LogP contribution in [0.2, 0.25) is 0 Å². The van der Waals surface area contributed by atoms with Crippen molar-refractivity contribution in [3.05, 3.63) is 64.8 Å². The first kappa shape index (κ1) is 23.9. The van der Waals surface area contributed by atoms with Crippen molar-refractivity contribution in [2.24, 2.45) is 5.92 Å². The maximum absolute atomic E-state index is 13.5. The van der Waals surface area contributed by atoms with E-state index in [0.29, 0.717) is 23.4 Å². The standard InChI is InChI=1S/C26H25F3N6O/c1-35-10-9-16-11-22(36-2)21(12-18(16)23(35)15-7-8-15)33-25-31-14-17(13-30)24(34-25)32-20-6-4-3-5-19(20)26(27,28)29/h3-6,11-12,14-15,23H,7-10H2,1-2H3,(H2,31,32,33,34). The second-order valence-electron chi connectivity index (χ2n) is 9.13. The molecule has 0 bridgehead atoms. The molecule has 5 rings (SSSR count). The van der Waals surface area contributed by atoms with Crippen LogP contribution in [0.3, 0.4) is 0 Å². The van der Waals surface area contributed by atoms with E-state index in [2.05, 4.69) is 38.6 Å². The van der Waals surface area contributed by atoms with Crippen molar-refractivity contribution in [3.63, 3.8) is 0 Å². The summed E-state index contributed by atoms with van der Waals surface area (Å²) >= 11 is 0. The molecule has 186 valence electrons. The van der Waals surface area contributed by atoms with Gasteiger partial charge in [-0.15, -0.1) is 0 Å². The van der Waals surface area contributed by atoms with Gasteiger partial charge in [-0.25, -0.2) is 4.98 Å². The Morgan fingerprint density at radius 1 is 1.14 bits per heavy atom. The summed E-state index contributed by atoms with van der Waals surface area (Å²) in [7, 11) is 3.73. The van der Waals surface area contributed by atoms with E-state index in [1.807, 2.05) is 12.1 Å². The van der Waals surface area contributed by atoms with Gasteiger partial charge in [-0.05, 0) is 67.6 Å². The number of para-hydroxylation sites is 1. The maximum Gasteiger partial charge on any atom is 0.418 e. The highest BCUT2D eigenvalue weighted by atomic mass is 19.4. The third-order valence-electron chi connectivity index (χ3n) is 6.70. The van der Waals surface area contributed by atoms with E-state index >= 15 is 0 Å². The van der Waals surface area contributed by atoms with Crippen LogP contribution in [0.5, 0.6) is 5.75 Å². The Kier molecular flexibility index (Phi) is 6.18. The number of likely N-dealkylation sites (N-methyl/N-ethyl adjacent to an activating group) is 1. The lowest BCUT2D eigenvalue weighted by Crippen LogP contribution is -2.33. The lowest BCUT2D eigenvalue weighted by molar-refractivity contribution is -0.136. The lowest BCUT2D eigenvalue weighted by Gasteiger charge is -2.35. The van der Waals surface area contributed by atoms with Crippen LogP contribution in [0.15, 0.2) is 42.6 Å². The number of alkyl halides is 3. The fraction of sp³-hybridized carbons (Fsp3) is 0.346. The minimum atomic E-state index is -4.56. The normalized spacial score (nSPS) is 17.7. The second-order valence-corrected chi connectivity index (χ2v) is 9.13. The van der Waals surface area contributed by atoms with Gasteiger partial charge in [0.2, 0.25) is 5.95 Å². The molecule has 1 fully saturated rings. The first-order valence-corrected chi connectivity index (χ1v) is 11.7. The number of nitrogens with one attached hydrogen (secondary N) is 2. The molecule has 2 heterocycles. The topological polar surface area (TPSA) is 86.1 Å². The Hall–Kier alpha value is -3.84. The van der Waals surface area contributed by atoms with Gasteiger partial charge in [0, 0.05) is 12.6 Å². The Bertz CT molecular complexity index is 1330. The largest absolute Gasteiger partial charge is 0.495 e. The highest BCUT2D eigenvalue weighted by molar-refractivity contribution is 5.70. The molecule has 1 atom stereocenters. The number of hydrogen-bond acceptors (Lipinski definition) is 7. The third kappa shape index (κ3) is 4.66. The van der Waals surface area contributed by atoms with Gasteiger partial charge >= 0.3 is 6.18 Å². The molecule has 1 saturated carbocycles. The van der Waals surface area contributed by atoms with Crippen molar-refractivity contribution in [3.8, 4) is 11.8 Å². The number of nitriles is 1. The van der Waals surface area contributed by atoms with E-state index in [-0.39, 0.29) is 23.0 Å². The number of hydrogen-bond donors (Lipinski definition) is 2. The van der Waals surface area contributed by atoms with E-state index in [1.54, 1.807) is 7.11 Å². The van der Waals surface area contributed by atoms with Crippen LogP contribution in [-0.2, 0) is 12.6 Å². The summed E-state index contributed by atoms with van der Waals surface area (Å²) in [6.45, 7) is 0.983. The molecule has 1 aliphatic heterocycles. The van der Waals surface area contributed by atoms with Crippen molar-refractivity contribution in [1.82, 2.24) is 14.9 Å². The number of benzene rings is 2. The zero-order valence-corrected chi connectivity index (χ0v) is 19.9. The van der Waals surface area contributed by atoms with E-state index in [9.17, 15) is 18.4 Å². The zero-order valence-electron chi connectivity index (χ0n) is 19.9. The van der Waals surface area contributed by atoms with Crippen molar-refractivity contribution >= 4 is 23.1 Å². The Morgan fingerprint density at radius 3 is 2.61 bits per heavy atom. The molecule has 2 aromatic carbocycles. The molecule has 0 spiro atoms. The molecule has 0 saturated heterocycles. The molecule has 2 aliphatic rings. The minimum absolute atomic E-state index is 0.0188. The summed E-state index contributed by atoms with van der Waals surface area (Å²) < 4.78 is 46.0. The summed E-state index contributed by atoms with van der Waals surface area (Å²) in [4.78, 5) is 10.9. The monoisotopic (exact) mass is 494 g/mol. The smallest absolute Gasteiger partial charge is 0.418 e. The Morgan fingerprint density at radius 2 is 1.92 bits per heavy atom. The van der Waals surface area contributed by atoms with Gasteiger partial charge in [0.15, 0.2) is 5.82 Å². The minimum Gasteiger partial charge on any atom is -0.495 e. The second kappa shape index (κ2) is 9.32. The first-order chi connectivity index (χ1) is 17.3. The molecule has 7 nitrogen and oxygen atoms in total. The average molecular weight is 495 g/mol. The highest BCUT2D eigenvalue weighted by Crippen LogP contribution is 2.48. The van der Waals surface area contributed by atoms with E-state index in [0.717, 1.165) is 19.0 Å². The summed E-state index contributed by atoms with van der Waals surface area (Å²) in [6.07, 6.45) is 0.0460. The Balaban J connectivity index is 1.49. The van der Waals surface area contributed by atoms with E-state index < -0.39 is 11.7 Å². The summed E-state index contributed by atoms with van der Waals surface area (Å²) in [5.41, 5.74) is 2.11. The van der Waals surface area contributed by atoms with Crippen molar-refractivity contribution in [2.45, 2.75) is 31.5 Å². The summed E-state index contributed by atoms with van der Waals surface area (Å²) in [6, 6.07) is 11.4. The average Bonchev–Trinajstić information content (AvgIpc) is 3.69. The van der Waals surface area contributed by atoms with Crippen LogP contribution in [0.25, 0.3) is 0 Å². The van der Waals surface area contributed by atoms with E-state index in [4.69, 9.17) is 4.74 Å². The highest BCUT2D eigenvalue weighted by Gasteiger charge is 2.38. The predicted octanol–water partition coefficient (Wildman–Crippen LogP) is 5.80. The number of anilines is 4. The van der Waals surface area contributed by atoms with E-state index in [1.165, 1.54) is 48.4 Å². The van der Waals surface area contributed by atoms with Gasteiger partial charge in [-0.2, -0.15) is 23.4 Å². The summed E-state index contributed by atoms with van der Waals surface area (Å²) in [5.74, 6) is 1.36. The molecular weight excluding hydrogens is 469 g/mol. The van der Waals surface area contributed by atoms with Gasteiger partial charge in [-0.1, -0.05) is 12.1 Å². The molecular formula is C26H25F3N6O. The van der Waals surface area contributed by atoms with Gasteiger partial charge < -0.3 is 15.4 Å². The SMILES string of the molecule is COc1cc2c(cc1Nc1ncc(C#N)c(Nc3ccccc3C(F)(F)F)n1)C(C1CC1)N(C)CC2. The molecule has 3 aromatic rings. The number of nitrogens with zero attached hydrogens (tertiary/aromatic N) is 4. The number of fused-ring (bicyclic) bond motifs is 1. The van der Waals surface area contributed by atoms with Crippen molar-refractivity contribution in [2.75, 3.05) is 31.3 Å². The number of methoxy groups -OCH3 is 1. The van der Waals surface area contributed by atoms with Crippen LogP contribution in [0.1, 0.15) is 41.1 Å².